The summed E-state index contributed by atoms with van der Waals surface area (Å²) in [6.07, 6.45) is 2.17. The van der Waals surface area contributed by atoms with Gasteiger partial charge in [0.25, 0.3) is 5.91 Å². The standard InChI is InChI=1S/C20H19N5O4S/c1-12-8-22-20(30-12)23-19(28)16-9-21-18-7-6-15(24-25(16)18)14-4-2-3-5-17(14)29-11-13(27)10-26/h2-9,13,26-27H,10-11H2,1H3,(H,22,23,28)/t13-/m1/s1. The van der Waals surface area contributed by atoms with Crippen LogP contribution in [0.3, 0.4) is 0 Å². The van der Waals surface area contributed by atoms with Gasteiger partial charge in [-0.1, -0.05) is 12.1 Å². The van der Waals surface area contributed by atoms with Crippen molar-refractivity contribution in [1.82, 2.24) is 19.6 Å². The molecule has 1 amide bonds. The predicted molar refractivity (Wildman–Crippen MR) is 112 cm³/mol. The van der Waals surface area contributed by atoms with Gasteiger partial charge in [-0.05, 0) is 31.2 Å². The number of anilines is 1. The second-order valence-electron chi connectivity index (χ2n) is 6.51. The molecule has 0 aliphatic rings. The van der Waals surface area contributed by atoms with Crippen LogP contribution in [-0.4, -0.2) is 55.0 Å². The Morgan fingerprint density at radius 1 is 1.23 bits per heavy atom. The van der Waals surface area contributed by atoms with Gasteiger partial charge in [-0.15, -0.1) is 11.3 Å². The average molecular weight is 425 g/mol. The van der Waals surface area contributed by atoms with Crippen molar-refractivity contribution in [3.05, 3.63) is 59.4 Å². The third-order valence-corrected chi connectivity index (χ3v) is 5.07. The molecule has 9 nitrogen and oxygen atoms in total. The molecule has 0 fully saturated rings. The fraction of sp³-hybridized carbons (Fsp3) is 0.200. The van der Waals surface area contributed by atoms with Crippen molar-refractivity contribution < 1.29 is 19.7 Å². The minimum atomic E-state index is -0.980. The monoisotopic (exact) mass is 425 g/mol. The number of para-hydroxylation sites is 1. The summed E-state index contributed by atoms with van der Waals surface area (Å²) in [5, 5.41) is 26.4. The fourth-order valence-electron chi connectivity index (χ4n) is 2.79. The Kier molecular flexibility index (Phi) is 5.70. The van der Waals surface area contributed by atoms with E-state index in [1.165, 1.54) is 22.0 Å². The summed E-state index contributed by atoms with van der Waals surface area (Å²) in [5.74, 6) is 0.137. The maximum absolute atomic E-state index is 12.7. The van der Waals surface area contributed by atoms with Gasteiger partial charge in [0.2, 0.25) is 0 Å². The molecular formula is C20H19N5O4S. The molecule has 0 radical (unpaired) electrons. The van der Waals surface area contributed by atoms with Gasteiger partial charge >= 0.3 is 0 Å². The summed E-state index contributed by atoms with van der Waals surface area (Å²) < 4.78 is 7.10. The number of benzene rings is 1. The van der Waals surface area contributed by atoms with Gasteiger partial charge in [-0.25, -0.2) is 14.5 Å². The Hall–Kier alpha value is -3.34. The van der Waals surface area contributed by atoms with E-state index in [1.54, 1.807) is 30.5 Å². The Balaban J connectivity index is 1.66. The predicted octanol–water partition coefficient (Wildman–Crippen LogP) is 2.15. The number of thiazole rings is 1. The van der Waals surface area contributed by atoms with Gasteiger partial charge in [0, 0.05) is 16.6 Å². The average Bonchev–Trinajstić information content (AvgIpc) is 3.37. The summed E-state index contributed by atoms with van der Waals surface area (Å²) in [4.78, 5) is 22.1. The van der Waals surface area contributed by atoms with Gasteiger partial charge < -0.3 is 14.9 Å². The van der Waals surface area contributed by atoms with Crippen LogP contribution in [0.15, 0.2) is 48.8 Å². The summed E-state index contributed by atoms with van der Waals surface area (Å²) >= 11 is 1.38. The zero-order valence-corrected chi connectivity index (χ0v) is 16.8. The van der Waals surface area contributed by atoms with Gasteiger partial charge in [-0.3, -0.25) is 10.1 Å². The van der Waals surface area contributed by atoms with Crippen LogP contribution in [0, 0.1) is 6.92 Å². The topological polar surface area (TPSA) is 122 Å². The van der Waals surface area contributed by atoms with E-state index >= 15 is 0 Å². The first-order valence-corrected chi connectivity index (χ1v) is 9.96. The van der Waals surface area contributed by atoms with Crippen molar-refractivity contribution in [2.75, 3.05) is 18.5 Å². The summed E-state index contributed by atoms with van der Waals surface area (Å²) in [6.45, 7) is 1.47. The number of nitrogens with zero attached hydrogens (tertiary/aromatic N) is 4. The summed E-state index contributed by atoms with van der Waals surface area (Å²) in [5.41, 5.74) is 2.04. The molecule has 0 bridgehead atoms. The van der Waals surface area contributed by atoms with Gasteiger partial charge in [0.15, 0.2) is 16.5 Å². The fourth-order valence-corrected chi connectivity index (χ4v) is 3.45. The minimum Gasteiger partial charge on any atom is -0.490 e. The molecule has 1 atom stereocenters. The van der Waals surface area contributed by atoms with E-state index in [0.29, 0.717) is 27.8 Å². The highest BCUT2D eigenvalue weighted by Crippen LogP contribution is 2.29. The molecule has 3 aromatic heterocycles. The number of fused-ring (bicyclic) bond motifs is 1. The number of imidazole rings is 1. The molecule has 0 saturated carbocycles. The molecule has 3 N–H and O–H groups in total. The lowest BCUT2D eigenvalue weighted by Crippen LogP contribution is -2.21. The van der Waals surface area contributed by atoms with Crippen molar-refractivity contribution >= 4 is 28.0 Å². The van der Waals surface area contributed by atoms with Crippen LogP contribution in [0.5, 0.6) is 5.75 Å². The lowest BCUT2D eigenvalue weighted by molar-refractivity contribution is 0.0538. The summed E-state index contributed by atoms with van der Waals surface area (Å²) in [6, 6.07) is 10.7. The van der Waals surface area contributed by atoms with Gasteiger partial charge in [0.1, 0.15) is 18.5 Å². The van der Waals surface area contributed by atoms with Crippen LogP contribution in [-0.2, 0) is 0 Å². The normalized spacial score (nSPS) is 12.1. The number of nitrogens with one attached hydrogen (secondary N) is 1. The van der Waals surface area contributed by atoms with E-state index in [4.69, 9.17) is 9.84 Å². The largest absolute Gasteiger partial charge is 0.490 e. The second-order valence-corrected chi connectivity index (χ2v) is 7.74. The Morgan fingerprint density at radius 3 is 2.83 bits per heavy atom. The van der Waals surface area contributed by atoms with Crippen LogP contribution in [0.4, 0.5) is 5.13 Å². The number of aliphatic hydroxyl groups excluding tert-OH is 2. The maximum atomic E-state index is 12.7. The van der Waals surface area contributed by atoms with Crippen LogP contribution >= 0.6 is 11.3 Å². The van der Waals surface area contributed by atoms with Crippen molar-refractivity contribution in [2.45, 2.75) is 13.0 Å². The van der Waals surface area contributed by atoms with E-state index in [-0.39, 0.29) is 18.2 Å². The number of hydrogen-bond donors (Lipinski definition) is 3. The number of aryl methyl sites for hydroxylation is 1. The van der Waals surface area contributed by atoms with Gasteiger partial charge in [-0.2, -0.15) is 5.10 Å². The Morgan fingerprint density at radius 2 is 2.07 bits per heavy atom. The number of hydrogen-bond acceptors (Lipinski definition) is 8. The third-order valence-electron chi connectivity index (χ3n) is 4.24. The van der Waals surface area contributed by atoms with Crippen LogP contribution in [0.2, 0.25) is 0 Å². The zero-order chi connectivity index (χ0) is 21.1. The smallest absolute Gasteiger partial charge is 0.277 e. The van der Waals surface area contributed by atoms with Crippen molar-refractivity contribution in [3.8, 4) is 17.0 Å². The minimum absolute atomic E-state index is 0.0538. The number of carbonyl (C=O) groups excluding carboxylic acids is 1. The molecule has 3 heterocycles. The third kappa shape index (κ3) is 4.15. The highest BCUT2D eigenvalue weighted by molar-refractivity contribution is 7.15. The SMILES string of the molecule is Cc1cnc(NC(=O)c2cnc3ccc(-c4ccccc4OC[C@H](O)CO)nn23)s1. The first-order valence-electron chi connectivity index (χ1n) is 9.15. The molecule has 4 rings (SSSR count). The zero-order valence-electron chi connectivity index (χ0n) is 16.0. The van der Waals surface area contributed by atoms with Crippen molar-refractivity contribution in [2.24, 2.45) is 0 Å². The number of ether oxygens (including phenoxy) is 1. The van der Waals surface area contributed by atoms with Gasteiger partial charge in [0.05, 0.1) is 18.5 Å². The number of aromatic nitrogens is 4. The van der Waals surface area contributed by atoms with Crippen molar-refractivity contribution in [1.29, 1.82) is 0 Å². The second kappa shape index (κ2) is 8.57. The molecule has 30 heavy (non-hydrogen) atoms. The van der Waals surface area contributed by atoms with E-state index in [1.807, 2.05) is 19.1 Å². The van der Waals surface area contributed by atoms with Crippen LogP contribution < -0.4 is 10.1 Å². The number of amides is 1. The lowest BCUT2D eigenvalue weighted by Gasteiger charge is -2.13. The molecular weight excluding hydrogens is 406 g/mol. The molecule has 0 spiro atoms. The summed E-state index contributed by atoms with van der Waals surface area (Å²) in [7, 11) is 0. The van der Waals surface area contributed by atoms with Crippen molar-refractivity contribution in [3.63, 3.8) is 0 Å². The number of aliphatic hydroxyl groups is 2. The highest BCUT2D eigenvalue weighted by atomic mass is 32.1. The molecule has 1 aromatic carbocycles. The van der Waals surface area contributed by atoms with E-state index in [9.17, 15) is 9.90 Å². The lowest BCUT2D eigenvalue weighted by atomic mass is 10.1. The first-order chi connectivity index (χ1) is 14.5. The quantitative estimate of drug-likeness (QED) is 0.415. The molecule has 154 valence electrons. The van der Waals surface area contributed by atoms with Crippen LogP contribution in [0.25, 0.3) is 16.9 Å². The molecule has 4 aromatic rings. The number of rotatable bonds is 7. The highest BCUT2D eigenvalue weighted by Gasteiger charge is 2.17. The van der Waals surface area contributed by atoms with E-state index in [2.05, 4.69) is 20.4 Å². The van der Waals surface area contributed by atoms with E-state index < -0.39 is 12.7 Å². The molecule has 10 heteroatoms. The maximum Gasteiger partial charge on any atom is 0.277 e. The Labute approximate surface area is 175 Å². The number of carbonyl (C=O) groups is 1. The Bertz CT molecular complexity index is 1190. The van der Waals surface area contributed by atoms with Crippen LogP contribution in [0.1, 0.15) is 15.4 Å². The molecule has 0 unspecified atom stereocenters. The molecule has 0 saturated heterocycles. The first kappa shape index (κ1) is 20.0. The molecule has 0 aliphatic carbocycles. The van der Waals surface area contributed by atoms with E-state index in [0.717, 1.165) is 4.88 Å². The molecule has 0 aliphatic heterocycles.